The lowest BCUT2D eigenvalue weighted by molar-refractivity contribution is 0.467. The van der Waals surface area contributed by atoms with E-state index < -0.39 is 0 Å². The van der Waals surface area contributed by atoms with Crippen molar-refractivity contribution in [3.63, 3.8) is 0 Å². The normalized spacial score (nSPS) is 16.7. The lowest BCUT2D eigenvalue weighted by atomic mass is 10.1. The van der Waals surface area contributed by atoms with Crippen LogP contribution >= 0.6 is 35.3 Å². The van der Waals surface area contributed by atoms with Crippen LogP contribution in [0, 0.1) is 6.92 Å². The predicted molar refractivity (Wildman–Crippen MR) is 140 cm³/mol. The second kappa shape index (κ2) is 11.6. The third-order valence-electron chi connectivity index (χ3n) is 5.62. The Labute approximate surface area is 210 Å². The van der Waals surface area contributed by atoms with Crippen LogP contribution in [0.15, 0.2) is 34.9 Å². The van der Waals surface area contributed by atoms with Crippen molar-refractivity contribution in [3.8, 4) is 0 Å². The van der Waals surface area contributed by atoms with Crippen LogP contribution in [0.4, 0.5) is 5.69 Å². The molecule has 9 nitrogen and oxygen atoms in total. The van der Waals surface area contributed by atoms with Crippen LogP contribution in [0.5, 0.6) is 0 Å². The Balaban J connectivity index is 0.00000289. The molecule has 0 aliphatic carbocycles. The van der Waals surface area contributed by atoms with Gasteiger partial charge in [-0.05, 0) is 37.6 Å². The van der Waals surface area contributed by atoms with Gasteiger partial charge >= 0.3 is 0 Å². The molecule has 0 radical (unpaired) electrons. The first kappa shape index (κ1) is 24.5. The van der Waals surface area contributed by atoms with Gasteiger partial charge in [-0.3, -0.25) is 4.68 Å². The summed E-state index contributed by atoms with van der Waals surface area (Å²) in [5.41, 5.74) is 1.17. The zero-order valence-corrected chi connectivity index (χ0v) is 22.0. The van der Waals surface area contributed by atoms with Crippen molar-refractivity contribution in [3.05, 3.63) is 46.4 Å². The molecule has 0 amide bonds. The maximum atomic E-state index is 4.82. The Kier molecular flexibility index (Phi) is 8.91. The van der Waals surface area contributed by atoms with E-state index in [4.69, 9.17) is 4.99 Å². The van der Waals surface area contributed by atoms with Crippen LogP contribution < -0.4 is 15.5 Å². The first-order valence-corrected chi connectivity index (χ1v) is 11.6. The Morgan fingerprint density at radius 3 is 2.88 bits per heavy atom. The van der Waals surface area contributed by atoms with E-state index in [1.54, 1.807) is 11.3 Å². The number of thiophene rings is 1. The molecule has 3 aromatic heterocycles. The van der Waals surface area contributed by atoms with E-state index >= 15 is 0 Å². The van der Waals surface area contributed by atoms with Gasteiger partial charge in [0.15, 0.2) is 11.8 Å². The van der Waals surface area contributed by atoms with Gasteiger partial charge in [0.25, 0.3) is 0 Å². The van der Waals surface area contributed by atoms with Gasteiger partial charge in [-0.25, -0.2) is 4.99 Å². The highest BCUT2D eigenvalue weighted by atomic mass is 127. The van der Waals surface area contributed by atoms with E-state index in [0.29, 0.717) is 12.6 Å². The van der Waals surface area contributed by atoms with Gasteiger partial charge in [-0.15, -0.1) is 45.5 Å². The summed E-state index contributed by atoms with van der Waals surface area (Å²) in [6.07, 6.45) is 7.25. The van der Waals surface area contributed by atoms with Crippen LogP contribution in [0.1, 0.15) is 29.4 Å². The average Bonchev–Trinajstić information content (AvgIpc) is 3.50. The molecule has 1 atom stereocenters. The van der Waals surface area contributed by atoms with Crippen LogP contribution in [-0.2, 0) is 27.1 Å². The quantitative estimate of drug-likeness (QED) is 0.258. The van der Waals surface area contributed by atoms with Crippen molar-refractivity contribution in [2.75, 3.05) is 24.5 Å². The molecule has 1 aliphatic heterocycles. The minimum atomic E-state index is 0. The van der Waals surface area contributed by atoms with Crippen molar-refractivity contribution < 1.29 is 0 Å². The molecule has 4 heterocycles. The Morgan fingerprint density at radius 2 is 2.19 bits per heavy atom. The number of anilines is 1. The number of hydrogen-bond donors (Lipinski definition) is 2. The summed E-state index contributed by atoms with van der Waals surface area (Å²) in [6.45, 7) is 5.27. The molecule has 0 bridgehead atoms. The maximum absolute atomic E-state index is 4.82. The molecule has 11 heteroatoms. The number of aromatic nitrogens is 5. The lowest BCUT2D eigenvalue weighted by Crippen LogP contribution is -2.51. The molecule has 3 aromatic rings. The number of piperidine rings is 1. The minimum absolute atomic E-state index is 0. The largest absolute Gasteiger partial charge is 0.367 e. The summed E-state index contributed by atoms with van der Waals surface area (Å²) < 4.78 is 3.84. The van der Waals surface area contributed by atoms with E-state index in [2.05, 4.69) is 54.5 Å². The Hall–Kier alpha value is -2.15. The minimum Gasteiger partial charge on any atom is -0.367 e. The molecule has 174 valence electrons. The number of guanidine groups is 1. The first-order valence-electron chi connectivity index (χ1n) is 10.7. The van der Waals surface area contributed by atoms with Gasteiger partial charge in [0.1, 0.15) is 12.4 Å². The van der Waals surface area contributed by atoms with Crippen LogP contribution in [-0.4, -0.2) is 56.2 Å². The molecule has 2 N–H and O–H groups in total. The summed E-state index contributed by atoms with van der Waals surface area (Å²) in [6, 6.07) is 4.59. The molecule has 0 saturated carbocycles. The summed E-state index contributed by atoms with van der Waals surface area (Å²) in [5, 5.41) is 22.0. The maximum Gasteiger partial charge on any atom is 0.192 e. The molecule has 1 fully saturated rings. The van der Waals surface area contributed by atoms with Crippen LogP contribution in [0.25, 0.3) is 0 Å². The summed E-state index contributed by atoms with van der Waals surface area (Å²) >= 11 is 1.79. The number of halogens is 1. The van der Waals surface area contributed by atoms with Crippen molar-refractivity contribution in [2.45, 2.75) is 38.8 Å². The number of aryl methyl sites for hydroxylation is 2. The Bertz CT molecular complexity index is 995. The second-order valence-corrected chi connectivity index (χ2v) is 8.98. The average molecular weight is 570 g/mol. The van der Waals surface area contributed by atoms with Crippen molar-refractivity contribution in [1.29, 1.82) is 0 Å². The van der Waals surface area contributed by atoms with Crippen molar-refractivity contribution >= 4 is 47.0 Å². The monoisotopic (exact) mass is 569 g/mol. The zero-order valence-electron chi connectivity index (χ0n) is 18.9. The van der Waals surface area contributed by atoms with Gasteiger partial charge in [-0.1, -0.05) is 6.07 Å². The summed E-state index contributed by atoms with van der Waals surface area (Å²) in [7, 11) is 3.93. The number of hydrogen-bond acceptors (Lipinski definition) is 6. The fraction of sp³-hybridized carbons (Fsp3) is 0.524. The summed E-state index contributed by atoms with van der Waals surface area (Å²) in [4.78, 5) is 8.59. The second-order valence-electron chi connectivity index (χ2n) is 7.95. The standard InChI is InChI=1S/C21H31N9S.HI/c1-16-26-27-20(29(16)3)13-23-21(22-9-8-19-7-5-11-31-19)25-17-6-4-10-30(14-17)18-12-24-28(2)15-18;/h5,7,11-12,15,17H,4,6,8-10,13-14H2,1-3H3,(H2,22,23,25);1H. The molecule has 32 heavy (non-hydrogen) atoms. The topological polar surface area (TPSA) is 88.2 Å². The fourth-order valence-corrected chi connectivity index (χ4v) is 4.45. The summed E-state index contributed by atoms with van der Waals surface area (Å²) in [5.74, 6) is 2.58. The van der Waals surface area contributed by atoms with E-state index in [1.165, 1.54) is 10.6 Å². The molecule has 1 unspecified atom stereocenters. The lowest BCUT2D eigenvalue weighted by Gasteiger charge is -2.34. The molecular weight excluding hydrogens is 537 g/mol. The molecule has 0 spiro atoms. The third kappa shape index (κ3) is 6.44. The molecule has 1 aliphatic rings. The third-order valence-corrected chi connectivity index (χ3v) is 6.56. The number of nitrogens with zero attached hydrogens (tertiary/aromatic N) is 7. The van der Waals surface area contributed by atoms with Crippen LogP contribution in [0.2, 0.25) is 0 Å². The van der Waals surface area contributed by atoms with Gasteiger partial charge in [-0.2, -0.15) is 5.10 Å². The smallest absolute Gasteiger partial charge is 0.192 e. The highest BCUT2D eigenvalue weighted by Crippen LogP contribution is 2.19. The van der Waals surface area contributed by atoms with E-state index in [1.807, 2.05) is 36.5 Å². The van der Waals surface area contributed by atoms with Gasteiger partial charge in [0.2, 0.25) is 0 Å². The van der Waals surface area contributed by atoms with Crippen LogP contribution in [0.3, 0.4) is 0 Å². The molecule has 1 saturated heterocycles. The fourth-order valence-electron chi connectivity index (χ4n) is 3.74. The highest BCUT2D eigenvalue weighted by Gasteiger charge is 2.22. The van der Waals surface area contributed by atoms with Crippen molar-refractivity contribution in [1.82, 2.24) is 35.2 Å². The Morgan fingerprint density at radius 1 is 1.31 bits per heavy atom. The predicted octanol–water partition coefficient (Wildman–Crippen LogP) is 2.48. The van der Waals surface area contributed by atoms with E-state index in [-0.39, 0.29) is 24.0 Å². The number of nitrogens with one attached hydrogen (secondary N) is 2. The van der Waals surface area contributed by atoms with Gasteiger partial charge in [0.05, 0.1) is 11.9 Å². The van der Waals surface area contributed by atoms with Gasteiger partial charge in [0, 0.05) is 50.8 Å². The van der Waals surface area contributed by atoms with Gasteiger partial charge < -0.3 is 20.1 Å². The SMILES string of the molecule is Cc1nnc(CN=C(NCCc2cccs2)NC2CCCN(c3cnn(C)c3)C2)n1C.I. The molecular formula is C21H32IN9S. The molecule has 4 rings (SSSR count). The van der Waals surface area contributed by atoms with E-state index in [9.17, 15) is 0 Å². The van der Waals surface area contributed by atoms with E-state index in [0.717, 1.165) is 56.5 Å². The number of rotatable bonds is 7. The zero-order chi connectivity index (χ0) is 21.6. The highest BCUT2D eigenvalue weighted by molar-refractivity contribution is 14.0. The first-order chi connectivity index (χ1) is 15.1. The van der Waals surface area contributed by atoms with Crippen molar-refractivity contribution in [2.24, 2.45) is 19.1 Å². The number of aliphatic imine (C=N–C) groups is 1. The molecule has 0 aromatic carbocycles.